The standard InChI is InChI=1S/C16H13FN2O2/c1-10-4-2-3-5-14(10)21-9-15-18-13-8-11(17)6-7-12(13)16(20)19-15/h2-8H,9H2,1H3,(H,18,19,20). The first kappa shape index (κ1) is 13.3. The first-order chi connectivity index (χ1) is 10.1. The summed E-state index contributed by atoms with van der Waals surface area (Å²) in [5.74, 6) is 0.659. The number of hydrogen-bond acceptors (Lipinski definition) is 3. The number of halogens is 1. The largest absolute Gasteiger partial charge is 0.485 e. The zero-order valence-electron chi connectivity index (χ0n) is 11.4. The molecule has 0 spiro atoms. The van der Waals surface area contributed by atoms with Crippen LogP contribution in [-0.2, 0) is 6.61 Å². The zero-order valence-corrected chi connectivity index (χ0v) is 11.4. The maximum Gasteiger partial charge on any atom is 0.258 e. The molecule has 1 N–H and O–H groups in total. The SMILES string of the molecule is Cc1ccccc1OCc1nc2cc(F)ccc2c(=O)[nH]1. The zero-order chi connectivity index (χ0) is 14.8. The fourth-order valence-corrected chi connectivity index (χ4v) is 2.09. The lowest BCUT2D eigenvalue weighted by molar-refractivity contribution is 0.294. The fourth-order valence-electron chi connectivity index (χ4n) is 2.09. The molecule has 5 heteroatoms. The molecule has 0 saturated heterocycles. The number of nitrogens with zero attached hydrogens (tertiary/aromatic N) is 1. The van der Waals surface area contributed by atoms with E-state index in [4.69, 9.17) is 4.74 Å². The Morgan fingerprint density at radius 1 is 1.24 bits per heavy atom. The minimum absolute atomic E-state index is 0.118. The summed E-state index contributed by atoms with van der Waals surface area (Å²) in [6.45, 7) is 2.05. The van der Waals surface area contributed by atoms with Gasteiger partial charge in [-0.25, -0.2) is 9.37 Å². The highest BCUT2D eigenvalue weighted by molar-refractivity contribution is 5.77. The number of rotatable bonds is 3. The summed E-state index contributed by atoms with van der Waals surface area (Å²) >= 11 is 0. The molecule has 0 bridgehead atoms. The van der Waals surface area contributed by atoms with Gasteiger partial charge in [0, 0.05) is 6.07 Å². The lowest BCUT2D eigenvalue weighted by Gasteiger charge is -2.08. The predicted molar refractivity (Wildman–Crippen MR) is 77.8 cm³/mol. The number of H-pyrrole nitrogens is 1. The average molecular weight is 284 g/mol. The number of fused-ring (bicyclic) bond motifs is 1. The minimum Gasteiger partial charge on any atom is -0.485 e. The predicted octanol–water partition coefficient (Wildman–Crippen LogP) is 2.95. The Hall–Kier alpha value is -2.69. The summed E-state index contributed by atoms with van der Waals surface area (Å²) in [5, 5.41) is 0.357. The Balaban J connectivity index is 1.91. The lowest BCUT2D eigenvalue weighted by atomic mass is 10.2. The van der Waals surface area contributed by atoms with Crippen molar-refractivity contribution in [2.75, 3.05) is 0 Å². The summed E-state index contributed by atoms with van der Waals surface area (Å²) in [4.78, 5) is 18.8. The van der Waals surface area contributed by atoms with E-state index in [0.29, 0.717) is 16.7 Å². The molecule has 0 aliphatic heterocycles. The van der Waals surface area contributed by atoms with E-state index >= 15 is 0 Å². The van der Waals surface area contributed by atoms with Gasteiger partial charge in [0.15, 0.2) is 0 Å². The van der Waals surface area contributed by atoms with Gasteiger partial charge in [0.2, 0.25) is 0 Å². The van der Waals surface area contributed by atoms with Crippen LogP contribution in [0, 0.1) is 12.7 Å². The van der Waals surface area contributed by atoms with Gasteiger partial charge in [0.1, 0.15) is 24.0 Å². The van der Waals surface area contributed by atoms with Crippen molar-refractivity contribution in [3.05, 3.63) is 70.0 Å². The third-order valence-electron chi connectivity index (χ3n) is 3.18. The van der Waals surface area contributed by atoms with Crippen molar-refractivity contribution in [3.8, 4) is 5.75 Å². The topological polar surface area (TPSA) is 55.0 Å². The van der Waals surface area contributed by atoms with E-state index in [0.717, 1.165) is 11.3 Å². The number of benzene rings is 2. The third-order valence-corrected chi connectivity index (χ3v) is 3.18. The van der Waals surface area contributed by atoms with Crippen molar-refractivity contribution in [1.29, 1.82) is 0 Å². The van der Waals surface area contributed by atoms with Crippen LogP contribution in [0.5, 0.6) is 5.75 Å². The van der Waals surface area contributed by atoms with E-state index in [1.807, 2.05) is 31.2 Å². The third kappa shape index (κ3) is 2.76. The minimum atomic E-state index is -0.425. The molecular weight excluding hydrogens is 271 g/mol. The first-order valence-electron chi connectivity index (χ1n) is 6.50. The van der Waals surface area contributed by atoms with Gasteiger partial charge in [-0.1, -0.05) is 18.2 Å². The molecule has 0 fully saturated rings. The highest BCUT2D eigenvalue weighted by atomic mass is 19.1. The van der Waals surface area contributed by atoms with Gasteiger partial charge in [-0.05, 0) is 30.7 Å². The molecule has 0 aliphatic rings. The van der Waals surface area contributed by atoms with Gasteiger partial charge in [-0.2, -0.15) is 0 Å². The first-order valence-corrected chi connectivity index (χ1v) is 6.50. The van der Waals surface area contributed by atoms with Gasteiger partial charge in [0.25, 0.3) is 5.56 Å². The van der Waals surface area contributed by atoms with Gasteiger partial charge in [-0.3, -0.25) is 4.79 Å². The summed E-state index contributed by atoms with van der Waals surface area (Å²) in [6.07, 6.45) is 0. The maximum atomic E-state index is 13.2. The molecule has 0 aliphatic carbocycles. The van der Waals surface area contributed by atoms with Crippen LogP contribution >= 0.6 is 0 Å². The monoisotopic (exact) mass is 284 g/mol. The molecule has 106 valence electrons. The van der Waals surface area contributed by atoms with Crippen LogP contribution in [0.3, 0.4) is 0 Å². The summed E-state index contributed by atoms with van der Waals surface area (Å²) in [6, 6.07) is 11.5. The van der Waals surface area contributed by atoms with Crippen LogP contribution in [0.1, 0.15) is 11.4 Å². The quantitative estimate of drug-likeness (QED) is 0.804. The van der Waals surface area contributed by atoms with Crippen LogP contribution in [0.2, 0.25) is 0 Å². The number of aromatic nitrogens is 2. The second-order valence-electron chi connectivity index (χ2n) is 4.73. The highest BCUT2D eigenvalue weighted by Gasteiger charge is 2.06. The molecular formula is C16H13FN2O2. The van der Waals surface area contributed by atoms with Gasteiger partial charge in [-0.15, -0.1) is 0 Å². The van der Waals surface area contributed by atoms with Crippen LogP contribution < -0.4 is 10.3 Å². The smallest absolute Gasteiger partial charge is 0.258 e. The average Bonchev–Trinajstić information content (AvgIpc) is 2.46. The molecule has 21 heavy (non-hydrogen) atoms. The number of hydrogen-bond donors (Lipinski definition) is 1. The Kier molecular flexibility index (Phi) is 3.39. The van der Waals surface area contributed by atoms with Crippen LogP contribution in [0.25, 0.3) is 10.9 Å². The normalized spacial score (nSPS) is 10.8. The Bertz CT molecular complexity index is 858. The van der Waals surface area contributed by atoms with E-state index in [1.165, 1.54) is 18.2 Å². The Morgan fingerprint density at radius 3 is 2.86 bits per heavy atom. The summed E-state index contributed by atoms with van der Waals surface area (Å²) < 4.78 is 18.9. The number of para-hydroxylation sites is 1. The second-order valence-corrected chi connectivity index (χ2v) is 4.73. The van der Waals surface area contributed by atoms with E-state index in [1.54, 1.807) is 0 Å². The molecule has 1 aromatic heterocycles. The Morgan fingerprint density at radius 2 is 2.05 bits per heavy atom. The van der Waals surface area contributed by atoms with Crippen molar-refractivity contribution < 1.29 is 9.13 Å². The lowest BCUT2D eigenvalue weighted by Crippen LogP contribution is -2.14. The molecule has 2 aromatic carbocycles. The summed E-state index contributed by atoms with van der Waals surface area (Å²) in [7, 11) is 0. The molecule has 1 heterocycles. The van der Waals surface area contributed by atoms with Gasteiger partial charge < -0.3 is 9.72 Å². The molecule has 3 rings (SSSR count). The fraction of sp³-hybridized carbons (Fsp3) is 0.125. The molecule has 3 aromatic rings. The molecule has 0 atom stereocenters. The number of nitrogens with one attached hydrogen (secondary N) is 1. The number of aromatic amines is 1. The molecule has 0 saturated carbocycles. The van der Waals surface area contributed by atoms with Crippen molar-refractivity contribution >= 4 is 10.9 Å². The molecule has 0 unspecified atom stereocenters. The number of aryl methyl sites for hydroxylation is 1. The molecule has 0 radical (unpaired) electrons. The maximum absolute atomic E-state index is 13.2. The number of ether oxygens (including phenoxy) is 1. The van der Waals surface area contributed by atoms with Crippen molar-refractivity contribution in [1.82, 2.24) is 9.97 Å². The molecule has 0 amide bonds. The Labute approximate surface area is 120 Å². The van der Waals surface area contributed by atoms with E-state index in [2.05, 4.69) is 9.97 Å². The van der Waals surface area contributed by atoms with Crippen molar-refractivity contribution in [2.24, 2.45) is 0 Å². The second kappa shape index (κ2) is 5.36. The van der Waals surface area contributed by atoms with Gasteiger partial charge in [0.05, 0.1) is 10.9 Å². The van der Waals surface area contributed by atoms with E-state index < -0.39 is 5.82 Å². The van der Waals surface area contributed by atoms with E-state index in [-0.39, 0.29) is 12.2 Å². The van der Waals surface area contributed by atoms with Gasteiger partial charge >= 0.3 is 0 Å². The highest BCUT2D eigenvalue weighted by Crippen LogP contribution is 2.17. The molecule has 4 nitrogen and oxygen atoms in total. The van der Waals surface area contributed by atoms with Crippen LogP contribution in [-0.4, -0.2) is 9.97 Å². The van der Waals surface area contributed by atoms with Crippen molar-refractivity contribution in [2.45, 2.75) is 13.5 Å². The van der Waals surface area contributed by atoms with Crippen LogP contribution in [0.15, 0.2) is 47.3 Å². The van der Waals surface area contributed by atoms with E-state index in [9.17, 15) is 9.18 Å². The summed E-state index contributed by atoms with van der Waals surface area (Å²) in [5.41, 5.74) is 1.01. The van der Waals surface area contributed by atoms with Crippen molar-refractivity contribution in [3.63, 3.8) is 0 Å². The van der Waals surface area contributed by atoms with Crippen LogP contribution in [0.4, 0.5) is 4.39 Å².